The molecule has 3 nitrogen and oxygen atoms in total. The van der Waals surface area contributed by atoms with Crippen LogP contribution in [0.15, 0.2) is 36.5 Å². The Bertz CT molecular complexity index is 508. The summed E-state index contributed by atoms with van der Waals surface area (Å²) in [5, 5.41) is 0.688. The van der Waals surface area contributed by atoms with Gasteiger partial charge >= 0.3 is 0 Å². The Morgan fingerprint density at radius 1 is 1.35 bits per heavy atom. The third-order valence-corrected chi connectivity index (χ3v) is 2.87. The second kappa shape index (κ2) is 5.25. The molecule has 0 atom stereocenters. The monoisotopic (exact) mass is 250 g/mol. The van der Waals surface area contributed by atoms with E-state index in [9.17, 15) is 0 Å². The molecule has 1 heterocycles. The maximum absolute atomic E-state index is 6.03. The van der Waals surface area contributed by atoms with Crippen molar-refractivity contribution in [2.75, 3.05) is 13.7 Å². The summed E-state index contributed by atoms with van der Waals surface area (Å²) in [5.41, 5.74) is 7.68. The zero-order chi connectivity index (χ0) is 12.3. The molecule has 90 valence electrons. The fourth-order valence-electron chi connectivity index (χ4n) is 1.85. The molecule has 0 aliphatic heterocycles. The molecule has 1 aromatic carbocycles. The molecule has 0 unspecified atom stereocenters. The summed E-state index contributed by atoms with van der Waals surface area (Å²) in [5.74, 6) is 0.795. The highest BCUT2D eigenvalue weighted by atomic mass is 35.5. The summed E-state index contributed by atoms with van der Waals surface area (Å²) >= 11 is 6.03. The molecule has 0 saturated carbocycles. The van der Waals surface area contributed by atoms with E-state index in [-0.39, 0.29) is 0 Å². The molecule has 4 heteroatoms. The van der Waals surface area contributed by atoms with E-state index in [0.717, 1.165) is 23.6 Å². The fraction of sp³-hybridized carbons (Fsp3) is 0.231. The van der Waals surface area contributed by atoms with Gasteiger partial charge in [-0.2, -0.15) is 0 Å². The number of hydrogen-bond acceptors (Lipinski definition) is 2. The van der Waals surface area contributed by atoms with E-state index in [1.54, 1.807) is 7.11 Å². The van der Waals surface area contributed by atoms with Gasteiger partial charge in [-0.1, -0.05) is 11.6 Å². The molecule has 2 aromatic rings. The summed E-state index contributed by atoms with van der Waals surface area (Å²) in [6.07, 6.45) is 2.81. The zero-order valence-corrected chi connectivity index (χ0v) is 10.4. The van der Waals surface area contributed by atoms with Crippen molar-refractivity contribution < 1.29 is 4.74 Å². The molecule has 0 amide bonds. The van der Waals surface area contributed by atoms with Crippen molar-refractivity contribution in [3.05, 3.63) is 47.2 Å². The molecule has 2 rings (SSSR count). The van der Waals surface area contributed by atoms with E-state index >= 15 is 0 Å². The van der Waals surface area contributed by atoms with Crippen molar-refractivity contribution in [1.82, 2.24) is 4.57 Å². The van der Waals surface area contributed by atoms with Crippen LogP contribution in [0.2, 0.25) is 5.02 Å². The SMILES string of the molecule is COc1ccc(Cl)cc1-n1cccc1CCN. The van der Waals surface area contributed by atoms with Gasteiger partial charge < -0.3 is 15.0 Å². The van der Waals surface area contributed by atoms with E-state index in [4.69, 9.17) is 22.1 Å². The van der Waals surface area contributed by atoms with Crippen LogP contribution in [0.4, 0.5) is 0 Å². The lowest BCUT2D eigenvalue weighted by molar-refractivity contribution is 0.412. The lowest BCUT2D eigenvalue weighted by atomic mass is 10.2. The predicted octanol–water partition coefficient (Wildman–Crippen LogP) is 2.64. The molecule has 2 N–H and O–H groups in total. The minimum absolute atomic E-state index is 0.618. The summed E-state index contributed by atoms with van der Waals surface area (Å²) < 4.78 is 7.40. The first-order valence-corrected chi connectivity index (χ1v) is 5.84. The quantitative estimate of drug-likeness (QED) is 0.906. The molecular formula is C13H15ClN2O. The van der Waals surface area contributed by atoms with Crippen LogP contribution >= 0.6 is 11.6 Å². The average molecular weight is 251 g/mol. The van der Waals surface area contributed by atoms with Crippen LogP contribution in [0.25, 0.3) is 5.69 Å². The average Bonchev–Trinajstić information content (AvgIpc) is 2.77. The number of halogens is 1. The van der Waals surface area contributed by atoms with Gasteiger partial charge in [0, 0.05) is 23.3 Å². The number of nitrogens with zero attached hydrogens (tertiary/aromatic N) is 1. The molecular weight excluding hydrogens is 236 g/mol. The number of aromatic nitrogens is 1. The number of ether oxygens (including phenoxy) is 1. The Kier molecular flexibility index (Phi) is 3.71. The number of methoxy groups -OCH3 is 1. The Hall–Kier alpha value is -1.45. The Labute approximate surface area is 106 Å². The van der Waals surface area contributed by atoms with Gasteiger partial charge in [0.1, 0.15) is 5.75 Å². The van der Waals surface area contributed by atoms with E-state index in [1.807, 2.05) is 36.5 Å². The van der Waals surface area contributed by atoms with Gasteiger partial charge in [-0.3, -0.25) is 0 Å². The first-order chi connectivity index (χ1) is 8.26. The molecule has 0 saturated heterocycles. The van der Waals surface area contributed by atoms with Crippen LogP contribution in [0.1, 0.15) is 5.69 Å². The predicted molar refractivity (Wildman–Crippen MR) is 70.1 cm³/mol. The minimum Gasteiger partial charge on any atom is -0.495 e. The van der Waals surface area contributed by atoms with E-state index in [0.29, 0.717) is 11.6 Å². The molecule has 1 aromatic heterocycles. The Morgan fingerprint density at radius 3 is 2.88 bits per heavy atom. The van der Waals surface area contributed by atoms with Gasteiger partial charge in [0.25, 0.3) is 0 Å². The van der Waals surface area contributed by atoms with Gasteiger partial charge in [0.15, 0.2) is 0 Å². The molecule has 17 heavy (non-hydrogen) atoms. The van der Waals surface area contributed by atoms with Crippen LogP contribution in [0, 0.1) is 0 Å². The fourth-order valence-corrected chi connectivity index (χ4v) is 2.02. The molecule has 0 aliphatic rings. The Balaban J connectivity index is 2.51. The zero-order valence-electron chi connectivity index (χ0n) is 9.69. The van der Waals surface area contributed by atoms with Crippen LogP contribution in [0.5, 0.6) is 5.75 Å². The largest absolute Gasteiger partial charge is 0.495 e. The number of nitrogens with two attached hydrogens (primary N) is 1. The van der Waals surface area contributed by atoms with Crippen LogP contribution in [-0.2, 0) is 6.42 Å². The smallest absolute Gasteiger partial charge is 0.142 e. The first kappa shape index (κ1) is 12.0. The van der Waals surface area contributed by atoms with E-state index < -0.39 is 0 Å². The highest BCUT2D eigenvalue weighted by Gasteiger charge is 2.08. The van der Waals surface area contributed by atoms with Gasteiger partial charge in [0.05, 0.1) is 12.8 Å². The highest BCUT2D eigenvalue weighted by molar-refractivity contribution is 6.30. The van der Waals surface area contributed by atoms with Gasteiger partial charge in [-0.05, 0) is 36.9 Å². The number of benzene rings is 1. The molecule has 0 spiro atoms. The van der Waals surface area contributed by atoms with Gasteiger partial charge in [0.2, 0.25) is 0 Å². The van der Waals surface area contributed by atoms with E-state index in [2.05, 4.69) is 4.57 Å². The summed E-state index contributed by atoms with van der Waals surface area (Å²) in [6.45, 7) is 0.618. The maximum Gasteiger partial charge on any atom is 0.142 e. The van der Waals surface area contributed by atoms with Crippen molar-refractivity contribution in [2.24, 2.45) is 5.73 Å². The topological polar surface area (TPSA) is 40.2 Å². The van der Waals surface area contributed by atoms with Crippen LogP contribution < -0.4 is 10.5 Å². The van der Waals surface area contributed by atoms with Crippen molar-refractivity contribution in [3.63, 3.8) is 0 Å². The van der Waals surface area contributed by atoms with Crippen molar-refractivity contribution >= 4 is 11.6 Å². The highest BCUT2D eigenvalue weighted by Crippen LogP contribution is 2.27. The van der Waals surface area contributed by atoms with E-state index in [1.165, 1.54) is 0 Å². The second-order valence-corrected chi connectivity index (χ2v) is 4.16. The summed E-state index contributed by atoms with van der Waals surface area (Å²) in [7, 11) is 1.65. The number of rotatable bonds is 4. The molecule has 0 bridgehead atoms. The van der Waals surface area contributed by atoms with Gasteiger partial charge in [-0.15, -0.1) is 0 Å². The third-order valence-electron chi connectivity index (χ3n) is 2.63. The van der Waals surface area contributed by atoms with Crippen LogP contribution in [-0.4, -0.2) is 18.2 Å². The molecule has 0 aliphatic carbocycles. The van der Waals surface area contributed by atoms with Crippen molar-refractivity contribution in [2.45, 2.75) is 6.42 Å². The minimum atomic E-state index is 0.618. The van der Waals surface area contributed by atoms with Crippen LogP contribution in [0.3, 0.4) is 0 Å². The summed E-state index contributed by atoms with van der Waals surface area (Å²) in [4.78, 5) is 0. The number of hydrogen-bond donors (Lipinski definition) is 1. The molecule has 0 radical (unpaired) electrons. The summed E-state index contributed by atoms with van der Waals surface area (Å²) in [6, 6.07) is 9.61. The Morgan fingerprint density at radius 2 is 2.18 bits per heavy atom. The van der Waals surface area contributed by atoms with Crippen molar-refractivity contribution in [3.8, 4) is 11.4 Å². The first-order valence-electron chi connectivity index (χ1n) is 5.46. The lowest BCUT2D eigenvalue weighted by Gasteiger charge is -2.13. The standard InChI is InChI=1S/C13H15ClN2O/c1-17-13-5-4-10(14)9-12(13)16-8-2-3-11(16)6-7-15/h2-5,8-9H,6-7,15H2,1H3. The normalized spacial score (nSPS) is 10.5. The lowest BCUT2D eigenvalue weighted by Crippen LogP contribution is -2.08. The van der Waals surface area contributed by atoms with Gasteiger partial charge in [-0.25, -0.2) is 0 Å². The second-order valence-electron chi connectivity index (χ2n) is 3.72. The molecule has 0 fully saturated rings. The maximum atomic E-state index is 6.03. The van der Waals surface area contributed by atoms with Crippen molar-refractivity contribution in [1.29, 1.82) is 0 Å². The third kappa shape index (κ3) is 2.46.